The minimum Gasteiger partial charge on any atom is -0.497 e. The molecule has 0 fully saturated rings. The summed E-state index contributed by atoms with van der Waals surface area (Å²) < 4.78 is 9.98. The predicted molar refractivity (Wildman–Crippen MR) is 71.5 cm³/mol. The number of halogens is 1. The second-order valence-electron chi connectivity index (χ2n) is 3.97. The third-order valence-corrected chi connectivity index (χ3v) is 2.77. The third kappa shape index (κ3) is 4.20. The molecule has 18 heavy (non-hydrogen) atoms. The second kappa shape index (κ2) is 7.24. The van der Waals surface area contributed by atoms with Crippen molar-refractivity contribution in [2.75, 3.05) is 34.4 Å². The van der Waals surface area contributed by atoms with Crippen LogP contribution < -0.4 is 4.74 Å². The first-order valence-corrected chi connectivity index (χ1v) is 6.04. The van der Waals surface area contributed by atoms with E-state index in [1.807, 2.05) is 0 Å². The molecule has 1 aromatic carbocycles. The van der Waals surface area contributed by atoms with E-state index in [0.29, 0.717) is 18.7 Å². The van der Waals surface area contributed by atoms with Gasteiger partial charge in [-0.1, -0.05) is 0 Å². The van der Waals surface area contributed by atoms with Crippen molar-refractivity contribution in [2.45, 2.75) is 5.38 Å². The van der Waals surface area contributed by atoms with Gasteiger partial charge < -0.3 is 14.4 Å². The van der Waals surface area contributed by atoms with Crippen molar-refractivity contribution in [2.24, 2.45) is 0 Å². The van der Waals surface area contributed by atoms with Crippen molar-refractivity contribution in [1.29, 1.82) is 0 Å². The Bertz CT molecular complexity index is 380. The topological polar surface area (TPSA) is 38.8 Å². The first kappa shape index (κ1) is 14.8. The van der Waals surface area contributed by atoms with Gasteiger partial charge in [0.05, 0.1) is 19.1 Å². The predicted octanol–water partition coefficient (Wildman–Crippen LogP) is 2.02. The zero-order valence-corrected chi connectivity index (χ0v) is 11.6. The van der Waals surface area contributed by atoms with Crippen LogP contribution in [-0.4, -0.2) is 50.6 Å². The van der Waals surface area contributed by atoms with Crippen LogP contribution in [-0.2, 0) is 4.74 Å². The molecule has 4 nitrogen and oxygen atoms in total. The lowest BCUT2D eigenvalue weighted by molar-refractivity contribution is 0.0781. The first-order chi connectivity index (χ1) is 8.58. The molecule has 0 aliphatic heterocycles. The van der Waals surface area contributed by atoms with Crippen LogP contribution in [0.4, 0.5) is 0 Å². The van der Waals surface area contributed by atoms with E-state index in [4.69, 9.17) is 21.1 Å². The molecule has 0 N–H and O–H groups in total. The molecule has 0 heterocycles. The summed E-state index contributed by atoms with van der Waals surface area (Å²) in [7, 11) is 4.89. The number of methoxy groups -OCH3 is 2. The number of carbonyl (C=O) groups is 1. The summed E-state index contributed by atoms with van der Waals surface area (Å²) >= 11 is 6.02. The lowest BCUT2D eigenvalue weighted by Crippen LogP contribution is -2.33. The van der Waals surface area contributed by atoms with Crippen LogP contribution in [0.5, 0.6) is 5.75 Å². The average molecular weight is 272 g/mol. The quantitative estimate of drug-likeness (QED) is 0.743. The third-order valence-electron chi connectivity index (χ3n) is 2.50. The molecule has 1 rings (SSSR count). The number of rotatable bonds is 6. The zero-order chi connectivity index (χ0) is 13.5. The van der Waals surface area contributed by atoms with Crippen LogP contribution in [0, 0.1) is 0 Å². The monoisotopic (exact) mass is 271 g/mol. The fourth-order valence-electron chi connectivity index (χ4n) is 1.57. The van der Waals surface area contributed by atoms with Crippen LogP contribution in [0.2, 0.25) is 0 Å². The highest BCUT2D eigenvalue weighted by molar-refractivity contribution is 6.21. The van der Waals surface area contributed by atoms with Gasteiger partial charge in [-0.05, 0) is 24.3 Å². The molecule has 0 aliphatic rings. The number of hydrogen-bond donors (Lipinski definition) is 0. The van der Waals surface area contributed by atoms with Gasteiger partial charge in [0.2, 0.25) is 0 Å². The number of ether oxygens (including phenoxy) is 2. The van der Waals surface area contributed by atoms with Crippen LogP contribution in [0.1, 0.15) is 10.4 Å². The highest BCUT2D eigenvalue weighted by atomic mass is 35.5. The summed E-state index contributed by atoms with van der Waals surface area (Å²) in [5.41, 5.74) is 0.611. The summed E-state index contributed by atoms with van der Waals surface area (Å²) in [6.45, 7) is 0.863. The minimum atomic E-state index is -0.206. The second-order valence-corrected chi connectivity index (χ2v) is 4.58. The number of hydrogen-bond acceptors (Lipinski definition) is 3. The van der Waals surface area contributed by atoms with E-state index in [1.165, 1.54) is 0 Å². The van der Waals surface area contributed by atoms with Gasteiger partial charge in [-0.25, -0.2) is 0 Å². The zero-order valence-electron chi connectivity index (χ0n) is 10.9. The molecule has 0 aliphatic carbocycles. The fraction of sp³-hybridized carbons (Fsp3) is 0.462. The molecule has 1 aromatic rings. The first-order valence-electron chi connectivity index (χ1n) is 5.61. The van der Waals surface area contributed by atoms with Crippen molar-refractivity contribution < 1.29 is 14.3 Å². The van der Waals surface area contributed by atoms with E-state index in [2.05, 4.69) is 0 Å². The molecule has 1 amide bonds. The number of benzene rings is 1. The van der Waals surface area contributed by atoms with Gasteiger partial charge in [-0.2, -0.15) is 0 Å². The van der Waals surface area contributed by atoms with E-state index >= 15 is 0 Å². The number of amides is 1. The van der Waals surface area contributed by atoms with Gasteiger partial charge in [0, 0.05) is 26.3 Å². The summed E-state index contributed by atoms with van der Waals surface area (Å²) in [6, 6.07) is 6.98. The van der Waals surface area contributed by atoms with Crippen LogP contribution in [0.3, 0.4) is 0 Å². The maximum Gasteiger partial charge on any atom is 0.253 e. The van der Waals surface area contributed by atoms with Crippen molar-refractivity contribution >= 4 is 17.5 Å². The maximum atomic E-state index is 12.1. The fourth-order valence-corrected chi connectivity index (χ4v) is 1.90. The Morgan fingerprint density at radius 2 is 1.94 bits per heavy atom. The largest absolute Gasteiger partial charge is 0.497 e. The van der Waals surface area contributed by atoms with Gasteiger partial charge in [-0.3, -0.25) is 4.79 Å². The van der Waals surface area contributed by atoms with Crippen molar-refractivity contribution in [3.8, 4) is 5.75 Å². The van der Waals surface area contributed by atoms with Crippen molar-refractivity contribution in [3.05, 3.63) is 29.8 Å². The molecule has 0 saturated heterocycles. The molecule has 0 spiro atoms. The lowest BCUT2D eigenvalue weighted by atomic mass is 10.2. The Morgan fingerprint density at radius 3 is 2.44 bits per heavy atom. The minimum absolute atomic E-state index is 0.0700. The maximum absolute atomic E-state index is 12.1. The van der Waals surface area contributed by atoms with Gasteiger partial charge in [-0.15, -0.1) is 11.6 Å². The molecule has 0 bridgehead atoms. The standard InChI is InChI=1S/C13H18ClNO3/c1-15(8-11(14)9-17-2)13(16)10-4-6-12(18-3)7-5-10/h4-7,11H,8-9H2,1-3H3. The average Bonchev–Trinajstić information content (AvgIpc) is 2.38. The number of carbonyl (C=O) groups excluding carboxylic acids is 1. The lowest BCUT2D eigenvalue weighted by Gasteiger charge is -2.20. The summed E-state index contributed by atoms with van der Waals surface area (Å²) in [5.74, 6) is 0.656. The molecule has 1 atom stereocenters. The Kier molecular flexibility index (Phi) is 5.95. The smallest absolute Gasteiger partial charge is 0.253 e. The summed E-state index contributed by atoms with van der Waals surface area (Å²) in [6.07, 6.45) is 0. The van der Waals surface area contributed by atoms with Crippen LogP contribution in [0.15, 0.2) is 24.3 Å². The summed E-state index contributed by atoms with van der Waals surface area (Å²) in [5, 5.41) is -0.206. The number of alkyl halides is 1. The molecule has 1 unspecified atom stereocenters. The molecule has 0 radical (unpaired) electrons. The van der Waals surface area contributed by atoms with Crippen molar-refractivity contribution in [3.63, 3.8) is 0 Å². The Hall–Kier alpha value is -1.26. The highest BCUT2D eigenvalue weighted by Crippen LogP contribution is 2.13. The molecular weight excluding hydrogens is 254 g/mol. The van der Waals surface area contributed by atoms with Crippen molar-refractivity contribution in [1.82, 2.24) is 4.90 Å². The van der Waals surface area contributed by atoms with E-state index in [-0.39, 0.29) is 11.3 Å². The number of nitrogens with zero attached hydrogens (tertiary/aromatic N) is 1. The van der Waals surface area contributed by atoms with Gasteiger partial charge in [0.1, 0.15) is 5.75 Å². The van der Waals surface area contributed by atoms with E-state index in [0.717, 1.165) is 5.75 Å². The Morgan fingerprint density at radius 1 is 1.33 bits per heavy atom. The van der Waals surface area contributed by atoms with Gasteiger partial charge in [0.25, 0.3) is 5.91 Å². The molecule has 0 saturated carbocycles. The van der Waals surface area contributed by atoms with Crippen LogP contribution in [0.25, 0.3) is 0 Å². The molecule has 5 heteroatoms. The van der Waals surface area contributed by atoms with Crippen LogP contribution >= 0.6 is 11.6 Å². The van der Waals surface area contributed by atoms with E-state index in [9.17, 15) is 4.79 Å². The Balaban J connectivity index is 2.62. The molecular formula is C13H18ClNO3. The summed E-state index contributed by atoms with van der Waals surface area (Å²) in [4.78, 5) is 13.7. The molecule has 100 valence electrons. The van der Waals surface area contributed by atoms with Gasteiger partial charge in [0.15, 0.2) is 0 Å². The Labute approximate surface area is 112 Å². The van der Waals surface area contributed by atoms with E-state index < -0.39 is 0 Å². The van der Waals surface area contributed by atoms with E-state index in [1.54, 1.807) is 50.4 Å². The SMILES string of the molecule is COCC(Cl)CN(C)C(=O)c1ccc(OC)cc1. The highest BCUT2D eigenvalue weighted by Gasteiger charge is 2.15. The normalized spacial score (nSPS) is 12.0. The van der Waals surface area contributed by atoms with Gasteiger partial charge >= 0.3 is 0 Å². The molecule has 0 aromatic heterocycles.